The Morgan fingerprint density at radius 2 is 1.54 bits per heavy atom. The highest BCUT2D eigenvalue weighted by molar-refractivity contribution is 7.89. The molecule has 11 heteroatoms. The maximum atomic E-state index is 13.0. The van der Waals surface area contributed by atoms with E-state index in [1.54, 1.807) is 11.0 Å². The van der Waals surface area contributed by atoms with Crippen LogP contribution in [0.5, 0.6) is 5.75 Å². The zero-order valence-corrected chi connectivity index (χ0v) is 20.0. The number of hydrogen-bond donors (Lipinski definition) is 0. The minimum atomic E-state index is -4.40. The molecule has 2 heterocycles. The van der Waals surface area contributed by atoms with Crippen LogP contribution in [0.1, 0.15) is 24.8 Å². The molecule has 0 unspecified atom stereocenters. The summed E-state index contributed by atoms with van der Waals surface area (Å²) in [5, 5.41) is 0. The number of rotatable bonds is 6. The maximum Gasteiger partial charge on any atom is 0.416 e. The molecule has 2 aliphatic heterocycles. The molecule has 2 aromatic carbocycles. The number of benzene rings is 2. The van der Waals surface area contributed by atoms with Crippen molar-refractivity contribution in [3.8, 4) is 5.75 Å². The molecular formula is C24H28F3N3O4S. The normalized spacial score (nSPS) is 17.9. The number of piperazine rings is 1. The molecule has 2 saturated heterocycles. The standard InChI is InChI=1S/C24H28F3N3O4S/c25-24(26,27)19-5-4-6-20(17-19)28-13-15-29(16-14-28)23(31)18-34-21-7-9-22(10-8-21)35(32,33)30-11-2-1-3-12-30/h4-10,17H,1-3,11-16,18H2. The van der Waals surface area contributed by atoms with Gasteiger partial charge in [0.2, 0.25) is 10.0 Å². The third-order valence-electron chi connectivity index (χ3n) is 6.31. The van der Waals surface area contributed by atoms with E-state index in [0.29, 0.717) is 50.7 Å². The molecule has 0 saturated carbocycles. The molecule has 0 N–H and O–H groups in total. The molecule has 2 fully saturated rings. The van der Waals surface area contributed by atoms with Crippen LogP contribution >= 0.6 is 0 Å². The molecule has 35 heavy (non-hydrogen) atoms. The summed E-state index contributed by atoms with van der Waals surface area (Å²) in [4.78, 5) is 16.2. The second kappa shape index (κ2) is 10.4. The lowest BCUT2D eigenvalue weighted by Crippen LogP contribution is -2.50. The average molecular weight is 512 g/mol. The number of amides is 1. The molecule has 0 atom stereocenters. The zero-order chi connectivity index (χ0) is 25.1. The Bertz CT molecular complexity index is 1130. The number of alkyl halides is 3. The summed E-state index contributed by atoms with van der Waals surface area (Å²) >= 11 is 0. The van der Waals surface area contributed by atoms with Crippen LogP contribution in [-0.4, -0.2) is 69.4 Å². The number of carbonyl (C=O) groups is 1. The lowest BCUT2D eigenvalue weighted by atomic mass is 10.1. The number of hydrogen-bond acceptors (Lipinski definition) is 5. The van der Waals surface area contributed by atoms with Crippen molar-refractivity contribution in [2.24, 2.45) is 0 Å². The lowest BCUT2D eigenvalue weighted by Gasteiger charge is -2.36. The summed E-state index contributed by atoms with van der Waals surface area (Å²) in [7, 11) is -3.53. The van der Waals surface area contributed by atoms with Gasteiger partial charge in [-0.2, -0.15) is 17.5 Å². The Kier molecular flexibility index (Phi) is 7.56. The van der Waals surface area contributed by atoms with Crippen molar-refractivity contribution in [1.29, 1.82) is 0 Å². The molecule has 2 aromatic rings. The van der Waals surface area contributed by atoms with Crippen molar-refractivity contribution in [3.63, 3.8) is 0 Å². The van der Waals surface area contributed by atoms with Crippen LogP contribution in [0.2, 0.25) is 0 Å². The van der Waals surface area contributed by atoms with E-state index in [4.69, 9.17) is 4.74 Å². The van der Waals surface area contributed by atoms with Crippen molar-refractivity contribution in [2.45, 2.75) is 30.3 Å². The molecule has 190 valence electrons. The highest BCUT2D eigenvalue weighted by Gasteiger charge is 2.31. The van der Waals surface area contributed by atoms with Crippen LogP contribution < -0.4 is 9.64 Å². The number of carbonyl (C=O) groups excluding carboxylic acids is 1. The van der Waals surface area contributed by atoms with Gasteiger partial charge in [0.1, 0.15) is 5.75 Å². The number of halogens is 3. The fourth-order valence-corrected chi connectivity index (χ4v) is 5.81. The van der Waals surface area contributed by atoms with Gasteiger partial charge < -0.3 is 14.5 Å². The van der Waals surface area contributed by atoms with Gasteiger partial charge in [-0.3, -0.25) is 4.79 Å². The van der Waals surface area contributed by atoms with Gasteiger partial charge >= 0.3 is 6.18 Å². The van der Waals surface area contributed by atoms with E-state index in [1.165, 1.54) is 34.6 Å². The van der Waals surface area contributed by atoms with Crippen LogP contribution in [0.3, 0.4) is 0 Å². The predicted molar refractivity (Wildman–Crippen MR) is 125 cm³/mol. The topological polar surface area (TPSA) is 70.2 Å². The van der Waals surface area contributed by atoms with E-state index < -0.39 is 21.8 Å². The highest BCUT2D eigenvalue weighted by atomic mass is 32.2. The van der Waals surface area contributed by atoms with E-state index in [0.717, 1.165) is 31.4 Å². The Labute approximate surface area is 203 Å². The van der Waals surface area contributed by atoms with E-state index in [2.05, 4.69) is 0 Å². The highest BCUT2D eigenvalue weighted by Crippen LogP contribution is 2.32. The van der Waals surface area contributed by atoms with Gasteiger partial charge in [0.05, 0.1) is 10.5 Å². The third kappa shape index (κ3) is 6.07. The van der Waals surface area contributed by atoms with Gasteiger partial charge in [0.15, 0.2) is 6.61 Å². The summed E-state index contributed by atoms with van der Waals surface area (Å²) in [6.45, 7) is 2.40. The van der Waals surface area contributed by atoms with Crippen molar-refractivity contribution < 1.29 is 31.1 Å². The average Bonchev–Trinajstić information content (AvgIpc) is 2.88. The summed E-state index contributed by atoms with van der Waals surface area (Å²) in [6, 6.07) is 11.2. The first kappa shape index (κ1) is 25.3. The first-order chi connectivity index (χ1) is 16.6. The van der Waals surface area contributed by atoms with Crippen molar-refractivity contribution in [2.75, 3.05) is 50.8 Å². The van der Waals surface area contributed by atoms with E-state index in [9.17, 15) is 26.4 Å². The molecule has 2 aliphatic rings. The molecular weight excluding hydrogens is 483 g/mol. The number of nitrogens with zero attached hydrogens (tertiary/aromatic N) is 3. The third-order valence-corrected chi connectivity index (χ3v) is 8.22. The molecule has 0 aromatic heterocycles. The minimum absolute atomic E-state index is 0.198. The molecule has 7 nitrogen and oxygen atoms in total. The number of sulfonamides is 1. The molecule has 0 bridgehead atoms. The SMILES string of the molecule is O=C(COc1ccc(S(=O)(=O)N2CCCCC2)cc1)N1CCN(c2cccc(C(F)(F)F)c2)CC1. The van der Waals surface area contributed by atoms with Gasteiger partial charge in [0, 0.05) is 45.0 Å². The fourth-order valence-electron chi connectivity index (χ4n) is 4.29. The Hall–Kier alpha value is -2.79. The largest absolute Gasteiger partial charge is 0.484 e. The van der Waals surface area contributed by atoms with Crippen LogP contribution in [-0.2, 0) is 21.0 Å². The van der Waals surface area contributed by atoms with Crippen LogP contribution in [0.4, 0.5) is 18.9 Å². The van der Waals surface area contributed by atoms with Gasteiger partial charge in [-0.05, 0) is 55.3 Å². The Morgan fingerprint density at radius 1 is 0.886 bits per heavy atom. The number of ether oxygens (including phenoxy) is 1. The predicted octanol–water partition coefficient (Wildman–Crippen LogP) is 3.61. The fraction of sp³-hybridized carbons (Fsp3) is 0.458. The molecule has 0 aliphatic carbocycles. The van der Waals surface area contributed by atoms with E-state index in [-0.39, 0.29) is 17.4 Å². The summed E-state index contributed by atoms with van der Waals surface area (Å²) < 4.78 is 71.4. The second-order valence-electron chi connectivity index (χ2n) is 8.64. The van der Waals surface area contributed by atoms with Crippen LogP contribution in [0.25, 0.3) is 0 Å². The minimum Gasteiger partial charge on any atom is -0.484 e. The quantitative estimate of drug-likeness (QED) is 0.593. The van der Waals surface area contributed by atoms with Gasteiger partial charge in [-0.15, -0.1) is 0 Å². The lowest BCUT2D eigenvalue weighted by molar-refractivity contribution is -0.137. The maximum absolute atomic E-state index is 13.0. The first-order valence-electron chi connectivity index (χ1n) is 11.6. The van der Waals surface area contributed by atoms with E-state index in [1.807, 2.05) is 4.90 Å². The second-order valence-corrected chi connectivity index (χ2v) is 10.6. The molecule has 0 radical (unpaired) electrons. The van der Waals surface area contributed by atoms with Crippen LogP contribution in [0, 0.1) is 0 Å². The van der Waals surface area contributed by atoms with Gasteiger partial charge in [-0.1, -0.05) is 12.5 Å². The number of anilines is 1. The van der Waals surface area contributed by atoms with E-state index >= 15 is 0 Å². The Morgan fingerprint density at radius 3 is 2.17 bits per heavy atom. The molecule has 0 spiro atoms. The smallest absolute Gasteiger partial charge is 0.416 e. The Balaban J connectivity index is 1.27. The zero-order valence-electron chi connectivity index (χ0n) is 19.2. The van der Waals surface area contributed by atoms with Crippen molar-refractivity contribution in [1.82, 2.24) is 9.21 Å². The van der Waals surface area contributed by atoms with Crippen molar-refractivity contribution in [3.05, 3.63) is 54.1 Å². The van der Waals surface area contributed by atoms with Gasteiger partial charge in [-0.25, -0.2) is 8.42 Å². The summed E-state index contributed by atoms with van der Waals surface area (Å²) in [6.07, 6.45) is -1.65. The first-order valence-corrected chi connectivity index (χ1v) is 13.0. The summed E-state index contributed by atoms with van der Waals surface area (Å²) in [5.74, 6) is 0.150. The number of piperidine rings is 1. The summed E-state index contributed by atoms with van der Waals surface area (Å²) in [5.41, 5.74) is -0.223. The van der Waals surface area contributed by atoms with Crippen LogP contribution in [0.15, 0.2) is 53.4 Å². The molecule has 1 amide bonds. The van der Waals surface area contributed by atoms with Gasteiger partial charge in [0.25, 0.3) is 5.91 Å². The molecule has 4 rings (SSSR count). The monoisotopic (exact) mass is 511 g/mol. The van der Waals surface area contributed by atoms with Crippen molar-refractivity contribution >= 4 is 21.6 Å².